The first-order valence-electron chi connectivity index (χ1n) is 13.1. The minimum Gasteiger partial charge on any atom is -0.505 e. The number of methoxy groups -OCH3 is 1. The molecular formula is C28H30FN5O7S. The summed E-state index contributed by atoms with van der Waals surface area (Å²) in [4.78, 5) is 21.2. The number of anilines is 1. The number of aromatic nitrogens is 4. The third-order valence-corrected chi connectivity index (χ3v) is 8.75. The summed E-state index contributed by atoms with van der Waals surface area (Å²) in [7, 11) is -2.34. The molecule has 0 unspecified atom stereocenters. The van der Waals surface area contributed by atoms with E-state index in [9.17, 15) is 27.8 Å². The molecule has 0 saturated heterocycles. The molecule has 4 N–H and O–H groups in total. The van der Waals surface area contributed by atoms with E-state index in [4.69, 9.17) is 20.2 Å². The number of fused-ring (bicyclic) bond motifs is 1. The number of rotatable bonds is 9. The monoisotopic (exact) mass is 599 g/mol. The number of carboxylic acids is 1. The van der Waals surface area contributed by atoms with Gasteiger partial charge in [-0.25, -0.2) is 22.6 Å². The summed E-state index contributed by atoms with van der Waals surface area (Å²) >= 11 is 0. The number of carboxylic acid groups (broad SMARTS) is 1. The van der Waals surface area contributed by atoms with Crippen molar-refractivity contribution in [3.63, 3.8) is 0 Å². The molecule has 222 valence electrons. The van der Waals surface area contributed by atoms with Gasteiger partial charge in [0.1, 0.15) is 10.7 Å². The fraction of sp³-hybridized carbons (Fsp3) is 0.357. The highest BCUT2D eigenvalue weighted by Gasteiger charge is 2.44. The number of ether oxygens (including phenoxy) is 2. The fourth-order valence-corrected chi connectivity index (χ4v) is 6.42. The third-order valence-electron chi connectivity index (χ3n) is 7.59. The van der Waals surface area contributed by atoms with Crippen LogP contribution in [0, 0.1) is 5.82 Å². The predicted octanol–water partition coefficient (Wildman–Crippen LogP) is 3.43. The number of phenolic OH excluding ortho intramolecular Hbond substituents is 1. The minimum atomic E-state index is -3.84. The van der Waals surface area contributed by atoms with E-state index in [2.05, 4.69) is 10.1 Å². The number of nitrogen functional groups attached to an aromatic ring is 1. The Morgan fingerprint density at radius 3 is 2.48 bits per heavy atom. The Morgan fingerprint density at radius 1 is 1.17 bits per heavy atom. The zero-order chi connectivity index (χ0) is 30.2. The number of pyridine rings is 1. The Kier molecular flexibility index (Phi) is 7.88. The Morgan fingerprint density at radius 2 is 1.88 bits per heavy atom. The van der Waals surface area contributed by atoms with Gasteiger partial charge in [-0.3, -0.25) is 4.98 Å². The Balaban J connectivity index is 1.52. The second kappa shape index (κ2) is 11.3. The van der Waals surface area contributed by atoms with Crippen LogP contribution in [0.15, 0.2) is 47.6 Å². The summed E-state index contributed by atoms with van der Waals surface area (Å²) in [5.74, 6) is -2.79. The van der Waals surface area contributed by atoms with E-state index in [1.165, 1.54) is 30.0 Å². The number of phenols is 1. The second-order valence-electron chi connectivity index (χ2n) is 10.3. The second-order valence-corrected chi connectivity index (χ2v) is 12.2. The average Bonchev–Trinajstić information content (AvgIpc) is 3.39. The van der Waals surface area contributed by atoms with Crippen molar-refractivity contribution >= 4 is 27.3 Å². The third kappa shape index (κ3) is 5.40. The first-order valence-corrected chi connectivity index (χ1v) is 15.0. The fourth-order valence-electron chi connectivity index (χ4n) is 5.37. The van der Waals surface area contributed by atoms with Crippen molar-refractivity contribution < 1.29 is 37.3 Å². The van der Waals surface area contributed by atoms with Gasteiger partial charge in [-0.2, -0.15) is 9.61 Å². The molecule has 0 spiro atoms. The van der Waals surface area contributed by atoms with Gasteiger partial charge in [0.05, 0.1) is 30.8 Å². The summed E-state index contributed by atoms with van der Waals surface area (Å²) < 4.78 is 51.7. The number of aromatic hydroxyl groups is 1. The highest BCUT2D eigenvalue weighted by molar-refractivity contribution is 7.91. The summed E-state index contributed by atoms with van der Waals surface area (Å²) in [6.07, 6.45) is 5.04. The number of halogens is 1. The maximum atomic E-state index is 13.8. The SMILES string of the molecule is COCCO[C@]1(C(=O)O)CC[C@@H](c2nc3c(-c4ccc(-c5ccc(O)c(F)c5)nc4)cnn3c(N)c2S(C)(=O)=O)CC1. The standard InChI is InChI=1S/C28H30FN5O7S/c1-40-11-12-41-28(27(36)37)9-7-16(8-10-28)23-24(42(2,38)39)25(30)34-26(33-23)19(15-32-34)18-3-5-21(31-14-18)17-4-6-22(35)20(29)13-17/h3-6,13-16,35H,7-12,30H2,1-2H3,(H,36,37)/t16-,28-. The molecule has 42 heavy (non-hydrogen) atoms. The molecule has 3 aromatic heterocycles. The van der Waals surface area contributed by atoms with E-state index in [-0.39, 0.29) is 42.5 Å². The molecule has 12 nitrogen and oxygen atoms in total. The summed E-state index contributed by atoms with van der Waals surface area (Å²) in [5, 5.41) is 23.7. The van der Waals surface area contributed by atoms with E-state index in [0.717, 1.165) is 6.26 Å². The summed E-state index contributed by atoms with van der Waals surface area (Å²) in [5.41, 5.74) is 7.65. The van der Waals surface area contributed by atoms with Crippen LogP contribution in [0.2, 0.25) is 0 Å². The van der Waals surface area contributed by atoms with Crippen LogP contribution >= 0.6 is 0 Å². The van der Waals surface area contributed by atoms with Crippen LogP contribution in [0.3, 0.4) is 0 Å². The largest absolute Gasteiger partial charge is 0.505 e. The van der Waals surface area contributed by atoms with Crippen molar-refractivity contribution in [3.05, 3.63) is 54.2 Å². The van der Waals surface area contributed by atoms with Gasteiger partial charge in [-0.15, -0.1) is 0 Å². The quantitative estimate of drug-likeness (QED) is 0.240. The molecule has 5 rings (SSSR count). The Bertz CT molecular complexity index is 1750. The molecule has 0 aliphatic heterocycles. The van der Waals surface area contributed by atoms with Crippen LogP contribution < -0.4 is 5.73 Å². The molecule has 1 aliphatic rings. The zero-order valence-corrected chi connectivity index (χ0v) is 23.8. The van der Waals surface area contributed by atoms with E-state index >= 15 is 0 Å². The lowest BCUT2D eigenvalue weighted by Crippen LogP contribution is -2.45. The van der Waals surface area contributed by atoms with Crippen molar-refractivity contribution in [1.29, 1.82) is 0 Å². The van der Waals surface area contributed by atoms with Crippen LogP contribution in [-0.2, 0) is 24.1 Å². The van der Waals surface area contributed by atoms with Gasteiger partial charge in [-0.1, -0.05) is 6.07 Å². The number of benzene rings is 1. The van der Waals surface area contributed by atoms with Gasteiger partial charge in [0.25, 0.3) is 0 Å². The summed E-state index contributed by atoms with van der Waals surface area (Å²) in [6, 6.07) is 7.39. The molecule has 1 saturated carbocycles. The molecule has 3 heterocycles. The average molecular weight is 600 g/mol. The number of aliphatic carboxylic acids is 1. The van der Waals surface area contributed by atoms with Crippen LogP contribution in [-0.4, -0.2) is 76.4 Å². The van der Waals surface area contributed by atoms with Gasteiger partial charge >= 0.3 is 5.97 Å². The summed E-state index contributed by atoms with van der Waals surface area (Å²) in [6.45, 7) is 0.365. The maximum Gasteiger partial charge on any atom is 0.335 e. The molecule has 0 amide bonds. The molecule has 0 bridgehead atoms. The van der Waals surface area contributed by atoms with E-state index < -0.39 is 38.9 Å². The zero-order valence-electron chi connectivity index (χ0n) is 22.9. The highest BCUT2D eigenvalue weighted by atomic mass is 32.2. The highest BCUT2D eigenvalue weighted by Crippen LogP contribution is 2.43. The van der Waals surface area contributed by atoms with Gasteiger partial charge in [0.15, 0.2) is 32.7 Å². The molecule has 14 heteroatoms. The van der Waals surface area contributed by atoms with Gasteiger partial charge < -0.3 is 25.4 Å². The Labute approximate surface area is 240 Å². The van der Waals surface area contributed by atoms with Crippen LogP contribution in [0.4, 0.5) is 10.2 Å². The van der Waals surface area contributed by atoms with Crippen LogP contribution in [0.5, 0.6) is 5.75 Å². The van der Waals surface area contributed by atoms with Gasteiger partial charge in [-0.05, 0) is 49.9 Å². The van der Waals surface area contributed by atoms with Crippen LogP contribution in [0.1, 0.15) is 37.3 Å². The molecule has 1 fully saturated rings. The molecule has 1 aliphatic carbocycles. The molecular weight excluding hydrogens is 569 g/mol. The van der Waals surface area contributed by atoms with E-state index in [1.54, 1.807) is 24.4 Å². The first-order chi connectivity index (χ1) is 19.9. The number of carbonyl (C=O) groups is 1. The van der Waals surface area contributed by atoms with Crippen molar-refractivity contribution in [2.45, 2.75) is 42.1 Å². The van der Waals surface area contributed by atoms with Gasteiger partial charge in [0, 0.05) is 42.2 Å². The van der Waals surface area contributed by atoms with Crippen LogP contribution in [0.25, 0.3) is 28.0 Å². The topological polar surface area (TPSA) is 179 Å². The molecule has 4 aromatic rings. The number of nitrogens with zero attached hydrogens (tertiary/aromatic N) is 4. The Hall–Kier alpha value is -4.14. The number of hydrogen-bond acceptors (Lipinski definition) is 10. The lowest BCUT2D eigenvalue weighted by molar-refractivity contribution is -0.173. The van der Waals surface area contributed by atoms with E-state index in [0.29, 0.717) is 40.9 Å². The first kappa shape index (κ1) is 29.4. The lowest BCUT2D eigenvalue weighted by Gasteiger charge is -2.36. The lowest BCUT2D eigenvalue weighted by atomic mass is 9.77. The van der Waals surface area contributed by atoms with Crippen molar-refractivity contribution in [3.8, 4) is 28.1 Å². The molecule has 0 atom stereocenters. The molecule has 1 aromatic carbocycles. The predicted molar refractivity (Wildman–Crippen MR) is 150 cm³/mol. The van der Waals surface area contributed by atoms with Gasteiger partial charge in [0.2, 0.25) is 0 Å². The van der Waals surface area contributed by atoms with E-state index in [1.807, 2.05) is 0 Å². The normalized spacial score (nSPS) is 19.3. The van der Waals surface area contributed by atoms with Crippen molar-refractivity contribution in [1.82, 2.24) is 19.6 Å². The van der Waals surface area contributed by atoms with Crippen molar-refractivity contribution in [2.24, 2.45) is 0 Å². The maximum absolute atomic E-state index is 13.8. The van der Waals surface area contributed by atoms with Crippen molar-refractivity contribution in [2.75, 3.05) is 32.3 Å². The number of sulfone groups is 1. The molecule has 0 radical (unpaired) electrons. The minimum absolute atomic E-state index is 0.0979. The number of nitrogens with two attached hydrogens (primary N) is 1. The smallest absolute Gasteiger partial charge is 0.335 e. The number of hydrogen-bond donors (Lipinski definition) is 3.